The molecule has 1 aromatic carbocycles. The van der Waals surface area contributed by atoms with Crippen LogP contribution < -0.4 is 10.6 Å². The highest BCUT2D eigenvalue weighted by Crippen LogP contribution is 2.31. The summed E-state index contributed by atoms with van der Waals surface area (Å²) in [5.74, 6) is 5.23. The van der Waals surface area contributed by atoms with Gasteiger partial charge in [0.05, 0.1) is 7.11 Å². The quantitative estimate of drug-likeness (QED) is 0.757. The molecule has 0 aliphatic rings. The van der Waals surface area contributed by atoms with Crippen LogP contribution in [0.25, 0.3) is 0 Å². The first kappa shape index (κ1) is 10.9. The number of methoxy groups -OCH3 is 1. The molecule has 0 fully saturated rings. The van der Waals surface area contributed by atoms with Crippen LogP contribution in [0.4, 0.5) is 4.39 Å². The molecule has 1 aromatic rings. The summed E-state index contributed by atoms with van der Waals surface area (Å²) in [4.78, 5) is 4.80. The molecule has 78 valence electrons. The van der Waals surface area contributed by atoms with Crippen LogP contribution in [0.2, 0.25) is 0 Å². The number of benzene rings is 1. The van der Waals surface area contributed by atoms with E-state index in [1.165, 1.54) is 19.2 Å². The zero-order chi connectivity index (χ0) is 10.8. The maximum absolute atomic E-state index is 12.9. The summed E-state index contributed by atoms with van der Waals surface area (Å²) in [5, 5.41) is 0. The van der Waals surface area contributed by atoms with E-state index in [0.29, 0.717) is 11.3 Å². The normalized spacial score (nSPS) is 11.5. The third-order valence-corrected chi connectivity index (χ3v) is 2.11. The van der Waals surface area contributed by atoms with Crippen molar-refractivity contribution in [2.24, 2.45) is 5.90 Å². The van der Waals surface area contributed by atoms with Crippen molar-refractivity contribution in [1.29, 1.82) is 0 Å². The van der Waals surface area contributed by atoms with Gasteiger partial charge in [-0.3, -0.25) is 4.84 Å². The number of nitrogens with two attached hydrogens (primary N) is 1. The Morgan fingerprint density at radius 2 is 2.00 bits per heavy atom. The molecule has 0 radical (unpaired) electrons. The van der Waals surface area contributed by atoms with Crippen molar-refractivity contribution in [2.75, 3.05) is 7.11 Å². The first-order chi connectivity index (χ1) is 6.51. The first-order valence-electron chi connectivity index (χ1n) is 4.23. The zero-order valence-electron chi connectivity index (χ0n) is 8.50. The molecule has 14 heavy (non-hydrogen) atoms. The van der Waals surface area contributed by atoms with Gasteiger partial charge in [-0.2, -0.15) is 0 Å². The molecule has 1 rings (SSSR count). The molecule has 3 nitrogen and oxygen atoms in total. The lowest BCUT2D eigenvalue weighted by atomic mass is 9.97. The maximum atomic E-state index is 12.9. The lowest BCUT2D eigenvalue weighted by Crippen LogP contribution is -2.25. The molecule has 0 spiro atoms. The highest BCUT2D eigenvalue weighted by atomic mass is 19.1. The van der Waals surface area contributed by atoms with E-state index in [-0.39, 0.29) is 5.82 Å². The van der Waals surface area contributed by atoms with Gasteiger partial charge in [0.1, 0.15) is 17.2 Å². The largest absolute Gasteiger partial charge is 0.496 e. The molecule has 0 amide bonds. The monoisotopic (exact) mass is 199 g/mol. The predicted octanol–water partition coefficient (Wildman–Crippen LogP) is 1.96. The molecule has 0 aliphatic carbocycles. The van der Waals surface area contributed by atoms with Crippen LogP contribution in [-0.2, 0) is 10.4 Å². The topological polar surface area (TPSA) is 44.5 Å². The Morgan fingerprint density at radius 3 is 2.50 bits per heavy atom. The average molecular weight is 199 g/mol. The molecule has 0 saturated heterocycles. The summed E-state index contributed by atoms with van der Waals surface area (Å²) in [7, 11) is 1.48. The summed E-state index contributed by atoms with van der Waals surface area (Å²) in [6.07, 6.45) is 0. The molecule has 0 unspecified atom stereocenters. The van der Waals surface area contributed by atoms with Gasteiger partial charge in [-0.05, 0) is 26.0 Å². The van der Waals surface area contributed by atoms with Gasteiger partial charge in [-0.1, -0.05) is 0 Å². The molecular formula is C10H14FNO2. The third-order valence-electron chi connectivity index (χ3n) is 2.11. The molecule has 0 bridgehead atoms. The Bertz CT molecular complexity index is 326. The fourth-order valence-corrected chi connectivity index (χ4v) is 1.23. The Labute approximate surface area is 82.6 Å². The second-order valence-corrected chi connectivity index (χ2v) is 3.47. The van der Waals surface area contributed by atoms with Crippen LogP contribution in [-0.4, -0.2) is 7.11 Å². The number of ether oxygens (including phenoxy) is 1. The van der Waals surface area contributed by atoms with Crippen molar-refractivity contribution < 1.29 is 14.0 Å². The van der Waals surface area contributed by atoms with Gasteiger partial charge in [-0.25, -0.2) is 10.3 Å². The van der Waals surface area contributed by atoms with Gasteiger partial charge >= 0.3 is 0 Å². The van der Waals surface area contributed by atoms with Crippen molar-refractivity contribution in [3.05, 3.63) is 29.6 Å². The van der Waals surface area contributed by atoms with Crippen LogP contribution in [0.1, 0.15) is 19.4 Å². The van der Waals surface area contributed by atoms with Gasteiger partial charge in [0.25, 0.3) is 0 Å². The molecule has 0 atom stereocenters. The maximum Gasteiger partial charge on any atom is 0.127 e. The van der Waals surface area contributed by atoms with Gasteiger partial charge < -0.3 is 4.74 Å². The minimum atomic E-state index is -0.695. The SMILES string of the molecule is COc1cc(F)ccc1C(C)(C)ON. The fourth-order valence-electron chi connectivity index (χ4n) is 1.23. The van der Waals surface area contributed by atoms with Crippen LogP contribution >= 0.6 is 0 Å². The Hall–Kier alpha value is -1.13. The zero-order valence-corrected chi connectivity index (χ0v) is 8.50. The van der Waals surface area contributed by atoms with E-state index in [4.69, 9.17) is 15.5 Å². The number of rotatable bonds is 3. The first-order valence-corrected chi connectivity index (χ1v) is 4.23. The smallest absolute Gasteiger partial charge is 0.127 e. The lowest BCUT2D eigenvalue weighted by Gasteiger charge is -2.24. The molecular weight excluding hydrogens is 185 g/mol. The molecule has 0 heterocycles. The second kappa shape index (κ2) is 3.94. The van der Waals surface area contributed by atoms with Crippen LogP contribution in [0, 0.1) is 5.82 Å². The highest BCUT2D eigenvalue weighted by molar-refractivity contribution is 5.37. The standard InChI is InChI=1S/C10H14FNO2/c1-10(2,14-12)8-5-4-7(11)6-9(8)13-3/h4-6H,12H2,1-3H3. The van der Waals surface area contributed by atoms with E-state index in [1.54, 1.807) is 19.9 Å². The van der Waals surface area contributed by atoms with E-state index in [0.717, 1.165) is 0 Å². The van der Waals surface area contributed by atoms with E-state index in [9.17, 15) is 4.39 Å². The predicted molar refractivity (Wildman–Crippen MR) is 51.3 cm³/mol. The summed E-state index contributed by atoms with van der Waals surface area (Å²) in [5.41, 5.74) is 0.0166. The number of halogens is 1. The third kappa shape index (κ3) is 2.02. The van der Waals surface area contributed by atoms with Gasteiger partial charge in [0.2, 0.25) is 0 Å². The summed E-state index contributed by atoms with van der Waals surface area (Å²) < 4.78 is 17.9. The van der Waals surface area contributed by atoms with E-state index >= 15 is 0 Å². The molecule has 4 heteroatoms. The summed E-state index contributed by atoms with van der Waals surface area (Å²) in [6.45, 7) is 3.56. The minimum absolute atomic E-state index is 0.349. The number of hydrogen-bond acceptors (Lipinski definition) is 3. The van der Waals surface area contributed by atoms with Gasteiger partial charge in [0.15, 0.2) is 0 Å². The van der Waals surface area contributed by atoms with Crippen molar-refractivity contribution in [3.63, 3.8) is 0 Å². The van der Waals surface area contributed by atoms with Crippen LogP contribution in [0.3, 0.4) is 0 Å². The lowest BCUT2D eigenvalue weighted by molar-refractivity contribution is -0.0251. The average Bonchev–Trinajstić information content (AvgIpc) is 2.17. The van der Waals surface area contributed by atoms with Crippen molar-refractivity contribution in [2.45, 2.75) is 19.4 Å². The molecule has 0 saturated carbocycles. The van der Waals surface area contributed by atoms with Gasteiger partial charge in [0, 0.05) is 11.6 Å². The Balaban J connectivity index is 3.20. The molecule has 2 N–H and O–H groups in total. The van der Waals surface area contributed by atoms with Crippen molar-refractivity contribution >= 4 is 0 Å². The minimum Gasteiger partial charge on any atom is -0.496 e. The Kier molecular flexibility index (Phi) is 3.08. The van der Waals surface area contributed by atoms with Crippen LogP contribution in [0.5, 0.6) is 5.75 Å². The second-order valence-electron chi connectivity index (χ2n) is 3.47. The van der Waals surface area contributed by atoms with Crippen molar-refractivity contribution in [1.82, 2.24) is 0 Å². The van der Waals surface area contributed by atoms with E-state index in [1.807, 2.05) is 0 Å². The summed E-state index contributed by atoms with van der Waals surface area (Å²) in [6, 6.07) is 4.25. The Morgan fingerprint density at radius 1 is 1.36 bits per heavy atom. The highest BCUT2D eigenvalue weighted by Gasteiger charge is 2.24. The van der Waals surface area contributed by atoms with Gasteiger partial charge in [-0.15, -0.1) is 0 Å². The summed E-state index contributed by atoms with van der Waals surface area (Å²) >= 11 is 0. The van der Waals surface area contributed by atoms with Crippen molar-refractivity contribution in [3.8, 4) is 5.75 Å². The van der Waals surface area contributed by atoms with E-state index < -0.39 is 5.60 Å². The molecule has 0 aliphatic heterocycles. The number of hydrogen-bond donors (Lipinski definition) is 1. The van der Waals surface area contributed by atoms with Crippen LogP contribution in [0.15, 0.2) is 18.2 Å². The molecule has 0 aromatic heterocycles. The van der Waals surface area contributed by atoms with E-state index in [2.05, 4.69) is 0 Å². The fraction of sp³-hybridized carbons (Fsp3) is 0.400.